The summed E-state index contributed by atoms with van der Waals surface area (Å²) in [6, 6.07) is 25.4. The Hall–Kier alpha value is -4.04. The highest BCUT2D eigenvalue weighted by Gasteiger charge is 2.10. The number of benzene rings is 3. The van der Waals surface area contributed by atoms with Gasteiger partial charge in [-0.05, 0) is 60.2 Å². The minimum Gasteiger partial charge on any atom is -0.497 e. The molecule has 3 aromatic rings. The molecule has 0 aromatic heterocycles. The van der Waals surface area contributed by atoms with Crippen molar-refractivity contribution in [2.45, 2.75) is 0 Å². The fourth-order valence-electron chi connectivity index (χ4n) is 2.44. The molecule has 0 bridgehead atoms. The zero-order chi connectivity index (χ0) is 19.8. The number of rotatable bonds is 6. The molecule has 0 aliphatic carbocycles. The summed E-state index contributed by atoms with van der Waals surface area (Å²) in [5, 5.41) is 12.0. The molecule has 0 aliphatic rings. The van der Waals surface area contributed by atoms with Gasteiger partial charge >= 0.3 is 0 Å². The van der Waals surface area contributed by atoms with Crippen LogP contribution < -0.4 is 14.8 Å². The molecule has 0 aliphatic heterocycles. The van der Waals surface area contributed by atoms with E-state index in [-0.39, 0.29) is 5.57 Å². The maximum absolute atomic E-state index is 12.4. The maximum atomic E-state index is 12.4. The number of para-hydroxylation sites is 1. The second kappa shape index (κ2) is 9.06. The number of carbonyl (C=O) groups is 1. The molecule has 5 nitrogen and oxygen atoms in total. The number of nitriles is 1. The average molecular weight is 370 g/mol. The first-order chi connectivity index (χ1) is 13.7. The third-order valence-corrected chi connectivity index (χ3v) is 3.88. The van der Waals surface area contributed by atoms with E-state index in [0.717, 1.165) is 11.3 Å². The SMILES string of the molecule is COc1ccc(/C=C(\C#N)C(=O)Nc2ccc(Oc3ccccc3)cc2)cc1. The Balaban J connectivity index is 1.66. The van der Waals surface area contributed by atoms with Crippen molar-refractivity contribution in [3.8, 4) is 23.3 Å². The molecule has 1 N–H and O–H groups in total. The van der Waals surface area contributed by atoms with Crippen LogP contribution in [0.2, 0.25) is 0 Å². The van der Waals surface area contributed by atoms with E-state index in [1.54, 1.807) is 55.6 Å². The van der Waals surface area contributed by atoms with Crippen LogP contribution in [0.1, 0.15) is 5.56 Å². The molecule has 0 spiro atoms. The lowest BCUT2D eigenvalue weighted by Gasteiger charge is -2.08. The molecule has 0 saturated carbocycles. The third kappa shape index (κ3) is 4.99. The van der Waals surface area contributed by atoms with Gasteiger partial charge in [0, 0.05) is 5.69 Å². The molecule has 28 heavy (non-hydrogen) atoms. The maximum Gasteiger partial charge on any atom is 0.266 e. The van der Waals surface area contributed by atoms with Gasteiger partial charge in [-0.25, -0.2) is 0 Å². The fraction of sp³-hybridized carbons (Fsp3) is 0.0435. The first kappa shape index (κ1) is 18.7. The standard InChI is InChI=1S/C23H18N2O3/c1-27-20-11-7-17(8-12-20)15-18(16-24)23(26)25-19-9-13-22(14-10-19)28-21-5-3-2-4-6-21/h2-15H,1H3,(H,25,26)/b18-15+. The molecule has 0 saturated heterocycles. The van der Waals surface area contributed by atoms with Crippen molar-refractivity contribution in [2.24, 2.45) is 0 Å². The molecule has 0 radical (unpaired) electrons. The van der Waals surface area contributed by atoms with Crippen LogP contribution in [0.15, 0.2) is 84.4 Å². The molecule has 3 aromatic carbocycles. The molecule has 5 heteroatoms. The molecule has 0 atom stereocenters. The van der Waals surface area contributed by atoms with Crippen molar-refractivity contribution < 1.29 is 14.3 Å². The minimum absolute atomic E-state index is 0.00905. The molecule has 1 amide bonds. The van der Waals surface area contributed by atoms with E-state index >= 15 is 0 Å². The van der Waals surface area contributed by atoms with Gasteiger partial charge in [0.15, 0.2) is 0 Å². The van der Waals surface area contributed by atoms with E-state index in [1.807, 2.05) is 36.4 Å². The number of nitrogens with one attached hydrogen (secondary N) is 1. The predicted octanol–water partition coefficient (Wildman–Crippen LogP) is 5.03. The highest BCUT2D eigenvalue weighted by molar-refractivity contribution is 6.09. The van der Waals surface area contributed by atoms with Gasteiger partial charge in [0.2, 0.25) is 0 Å². The minimum atomic E-state index is -0.477. The van der Waals surface area contributed by atoms with Crippen LogP contribution in [0, 0.1) is 11.3 Å². The lowest BCUT2D eigenvalue weighted by Crippen LogP contribution is -2.13. The summed E-state index contributed by atoms with van der Waals surface area (Å²) in [6.07, 6.45) is 1.53. The zero-order valence-corrected chi connectivity index (χ0v) is 15.3. The van der Waals surface area contributed by atoms with Gasteiger partial charge in [-0.1, -0.05) is 30.3 Å². The fourth-order valence-corrected chi connectivity index (χ4v) is 2.44. The molecular formula is C23H18N2O3. The quantitative estimate of drug-likeness (QED) is 0.488. The van der Waals surface area contributed by atoms with Crippen molar-refractivity contribution in [2.75, 3.05) is 12.4 Å². The topological polar surface area (TPSA) is 71.3 Å². The van der Waals surface area contributed by atoms with Crippen LogP contribution >= 0.6 is 0 Å². The summed E-state index contributed by atoms with van der Waals surface area (Å²) in [7, 11) is 1.58. The smallest absolute Gasteiger partial charge is 0.266 e. The number of methoxy groups -OCH3 is 1. The molecular weight excluding hydrogens is 352 g/mol. The van der Waals surface area contributed by atoms with Crippen LogP contribution in [0.3, 0.4) is 0 Å². The zero-order valence-electron chi connectivity index (χ0n) is 15.3. The Bertz CT molecular complexity index is 1000. The number of hydrogen-bond acceptors (Lipinski definition) is 4. The second-order valence-electron chi connectivity index (χ2n) is 5.84. The average Bonchev–Trinajstić information content (AvgIpc) is 2.74. The van der Waals surface area contributed by atoms with Crippen molar-refractivity contribution in [1.82, 2.24) is 0 Å². The number of amides is 1. The van der Waals surface area contributed by atoms with Crippen molar-refractivity contribution >= 4 is 17.7 Å². The normalized spacial score (nSPS) is 10.6. The predicted molar refractivity (Wildman–Crippen MR) is 108 cm³/mol. The van der Waals surface area contributed by atoms with E-state index in [4.69, 9.17) is 9.47 Å². The Morgan fingerprint density at radius 3 is 2.11 bits per heavy atom. The van der Waals surface area contributed by atoms with Gasteiger partial charge in [-0.2, -0.15) is 5.26 Å². The number of anilines is 1. The number of nitrogens with zero attached hydrogens (tertiary/aromatic N) is 1. The van der Waals surface area contributed by atoms with Crippen LogP contribution in [-0.4, -0.2) is 13.0 Å². The van der Waals surface area contributed by atoms with Crippen molar-refractivity contribution in [3.05, 3.63) is 90.0 Å². The van der Waals surface area contributed by atoms with Gasteiger partial charge in [0.05, 0.1) is 7.11 Å². The summed E-state index contributed by atoms with van der Waals surface area (Å²) >= 11 is 0. The van der Waals surface area contributed by atoms with E-state index in [0.29, 0.717) is 17.2 Å². The van der Waals surface area contributed by atoms with Gasteiger partial charge < -0.3 is 14.8 Å². The number of carbonyl (C=O) groups excluding carboxylic acids is 1. The van der Waals surface area contributed by atoms with Crippen LogP contribution in [0.4, 0.5) is 5.69 Å². The Labute approximate surface area is 163 Å². The monoisotopic (exact) mass is 370 g/mol. The molecule has 3 rings (SSSR count). The van der Waals surface area contributed by atoms with E-state index in [9.17, 15) is 10.1 Å². The van der Waals surface area contributed by atoms with Gasteiger partial charge in [-0.3, -0.25) is 4.79 Å². The van der Waals surface area contributed by atoms with Gasteiger partial charge in [0.25, 0.3) is 5.91 Å². The number of hydrogen-bond donors (Lipinski definition) is 1. The first-order valence-electron chi connectivity index (χ1n) is 8.58. The highest BCUT2D eigenvalue weighted by Crippen LogP contribution is 2.23. The molecule has 0 fully saturated rings. The van der Waals surface area contributed by atoms with Gasteiger partial charge in [0.1, 0.15) is 28.9 Å². The van der Waals surface area contributed by atoms with Crippen LogP contribution in [0.5, 0.6) is 17.2 Å². The summed E-state index contributed by atoms with van der Waals surface area (Å²) in [6.45, 7) is 0. The van der Waals surface area contributed by atoms with Gasteiger partial charge in [-0.15, -0.1) is 0 Å². The Morgan fingerprint density at radius 1 is 0.893 bits per heavy atom. The van der Waals surface area contributed by atoms with E-state index in [1.165, 1.54) is 6.08 Å². The van der Waals surface area contributed by atoms with E-state index in [2.05, 4.69) is 5.32 Å². The lowest BCUT2D eigenvalue weighted by atomic mass is 10.1. The summed E-state index contributed by atoms with van der Waals surface area (Å²) in [4.78, 5) is 12.4. The van der Waals surface area contributed by atoms with E-state index < -0.39 is 5.91 Å². The lowest BCUT2D eigenvalue weighted by molar-refractivity contribution is -0.112. The highest BCUT2D eigenvalue weighted by atomic mass is 16.5. The Kier molecular flexibility index (Phi) is 6.06. The summed E-state index contributed by atoms with van der Waals surface area (Å²) in [5.41, 5.74) is 1.31. The van der Waals surface area contributed by atoms with Crippen LogP contribution in [-0.2, 0) is 4.79 Å². The number of ether oxygens (including phenoxy) is 2. The second-order valence-corrected chi connectivity index (χ2v) is 5.84. The first-order valence-corrected chi connectivity index (χ1v) is 8.58. The molecule has 138 valence electrons. The molecule has 0 unspecified atom stereocenters. The molecule has 0 heterocycles. The van der Waals surface area contributed by atoms with Crippen molar-refractivity contribution in [1.29, 1.82) is 5.26 Å². The van der Waals surface area contributed by atoms with Crippen molar-refractivity contribution in [3.63, 3.8) is 0 Å². The summed E-state index contributed by atoms with van der Waals surface area (Å²) < 4.78 is 10.8. The van der Waals surface area contributed by atoms with Crippen LogP contribution in [0.25, 0.3) is 6.08 Å². The Morgan fingerprint density at radius 2 is 1.50 bits per heavy atom. The summed E-state index contributed by atoms with van der Waals surface area (Å²) in [5.74, 6) is 1.61. The third-order valence-electron chi connectivity index (χ3n) is 3.88. The largest absolute Gasteiger partial charge is 0.497 e.